The molecule has 1 rings (SSSR count). The quantitative estimate of drug-likeness (QED) is 0.732. The molecule has 0 spiro atoms. The van der Waals surface area contributed by atoms with Gasteiger partial charge in [0.15, 0.2) is 0 Å². The van der Waals surface area contributed by atoms with Crippen LogP contribution in [0.1, 0.15) is 36.1 Å². The fraction of sp³-hybridized carbons (Fsp3) is 0.500. The molecule has 0 amide bonds. The standard InChI is InChI=1S/C14H20O2/c1-9(2)16-14(15)8-13-11(4)6-10(3)7-12(13)5/h6-7,9H,8H2,1-5H3. The Hall–Kier alpha value is -1.31. The molecule has 0 bridgehead atoms. The van der Waals surface area contributed by atoms with Gasteiger partial charge < -0.3 is 4.74 Å². The van der Waals surface area contributed by atoms with Crippen LogP contribution in [0, 0.1) is 20.8 Å². The summed E-state index contributed by atoms with van der Waals surface area (Å²) in [6.07, 6.45) is 0.328. The van der Waals surface area contributed by atoms with Gasteiger partial charge in [0.25, 0.3) is 0 Å². The molecule has 0 radical (unpaired) electrons. The van der Waals surface area contributed by atoms with Gasteiger partial charge in [-0.1, -0.05) is 17.7 Å². The zero-order valence-corrected chi connectivity index (χ0v) is 10.8. The SMILES string of the molecule is Cc1cc(C)c(CC(=O)OC(C)C)c(C)c1. The molecular weight excluding hydrogens is 200 g/mol. The number of hydrogen-bond donors (Lipinski definition) is 0. The van der Waals surface area contributed by atoms with Gasteiger partial charge in [-0.05, 0) is 51.3 Å². The Morgan fingerprint density at radius 1 is 1.19 bits per heavy atom. The topological polar surface area (TPSA) is 26.3 Å². The highest BCUT2D eigenvalue weighted by molar-refractivity contribution is 5.73. The number of carbonyl (C=O) groups is 1. The van der Waals surface area contributed by atoms with Crippen molar-refractivity contribution in [2.45, 2.75) is 47.1 Å². The molecule has 0 saturated heterocycles. The van der Waals surface area contributed by atoms with Crippen LogP contribution in [0.25, 0.3) is 0 Å². The Morgan fingerprint density at radius 2 is 1.69 bits per heavy atom. The molecule has 0 aromatic heterocycles. The Labute approximate surface area is 97.6 Å². The molecule has 2 nitrogen and oxygen atoms in total. The lowest BCUT2D eigenvalue weighted by molar-refractivity contribution is -0.146. The van der Waals surface area contributed by atoms with E-state index in [1.807, 2.05) is 27.7 Å². The van der Waals surface area contributed by atoms with Crippen LogP contribution >= 0.6 is 0 Å². The molecule has 1 aromatic rings. The first-order chi connectivity index (χ1) is 7.40. The molecule has 0 aliphatic carbocycles. The highest BCUT2D eigenvalue weighted by atomic mass is 16.5. The van der Waals surface area contributed by atoms with Crippen LogP contribution in [0.3, 0.4) is 0 Å². The van der Waals surface area contributed by atoms with Crippen molar-refractivity contribution >= 4 is 5.97 Å². The van der Waals surface area contributed by atoms with E-state index in [0.717, 1.165) is 5.56 Å². The number of esters is 1. The number of carbonyl (C=O) groups excluding carboxylic acids is 1. The number of hydrogen-bond acceptors (Lipinski definition) is 2. The van der Waals surface area contributed by atoms with E-state index in [2.05, 4.69) is 19.1 Å². The molecule has 0 N–H and O–H groups in total. The summed E-state index contributed by atoms with van der Waals surface area (Å²) in [5.41, 5.74) is 4.66. The first-order valence-corrected chi connectivity index (χ1v) is 5.66. The minimum Gasteiger partial charge on any atom is -0.463 e. The van der Waals surface area contributed by atoms with E-state index in [1.165, 1.54) is 16.7 Å². The monoisotopic (exact) mass is 220 g/mol. The van der Waals surface area contributed by atoms with Crippen LogP contribution in [0.2, 0.25) is 0 Å². The molecule has 16 heavy (non-hydrogen) atoms. The minimum atomic E-state index is -0.148. The van der Waals surface area contributed by atoms with Crippen LogP contribution in [0.15, 0.2) is 12.1 Å². The van der Waals surface area contributed by atoms with Gasteiger partial charge in [-0.15, -0.1) is 0 Å². The third-order valence-corrected chi connectivity index (χ3v) is 2.53. The fourth-order valence-electron chi connectivity index (χ4n) is 1.94. The smallest absolute Gasteiger partial charge is 0.310 e. The lowest BCUT2D eigenvalue weighted by Crippen LogP contribution is -2.15. The zero-order valence-electron chi connectivity index (χ0n) is 10.8. The highest BCUT2D eigenvalue weighted by Crippen LogP contribution is 2.17. The van der Waals surface area contributed by atoms with Crippen molar-refractivity contribution in [3.8, 4) is 0 Å². The summed E-state index contributed by atoms with van der Waals surface area (Å²) < 4.78 is 5.16. The van der Waals surface area contributed by atoms with Crippen molar-refractivity contribution in [1.82, 2.24) is 0 Å². The van der Waals surface area contributed by atoms with Crippen LogP contribution < -0.4 is 0 Å². The Bertz CT molecular complexity index is 369. The van der Waals surface area contributed by atoms with Gasteiger partial charge in [0, 0.05) is 0 Å². The summed E-state index contributed by atoms with van der Waals surface area (Å²) in [6, 6.07) is 4.20. The maximum absolute atomic E-state index is 11.6. The van der Waals surface area contributed by atoms with Gasteiger partial charge in [-0.3, -0.25) is 4.79 Å². The molecule has 0 heterocycles. The molecule has 0 aliphatic rings. The summed E-state index contributed by atoms with van der Waals surface area (Å²) in [4.78, 5) is 11.6. The van der Waals surface area contributed by atoms with Crippen molar-refractivity contribution in [2.75, 3.05) is 0 Å². The number of aryl methyl sites for hydroxylation is 3. The summed E-state index contributed by atoms with van der Waals surface area (Å²) >= 11 is 0. The maximum Gasteiger partial charge on any atom is 0.310 e. The van der Waals surface area contributed by atoms with E-state index in [9.17, 15) is 4.79 Å². The number of rotatable bonds is 3. The molecular formula is C14H20O2. The largest absolute Gasteiger partial charge is 0.463 e. The number of benzene rings is 1. The first kappa shape index (κ1) is 12.8. The van der Waals surface area contributed by atoms with E-state index in [0.29, 0.717) is 6.42 Å². The molecule has 2 heteroatoms. The van der Waals surface area contributed by atoms with Gasteiger partial charge >= 0.3 is 5.97 Å². The normalized spacial score (nSPS) is 10.6. The maximum atomic E-state index is 11.6. The lowest BCUT2D eigenvalue weighted by atomic mass is 9.97. The number of ether oxygens (including phenoxy) is 1. The molecule has 0 unspecified atom stereocenters. The second kappa shape index (κ2) is 5.15. The third-order valence-electron chi connectivity index (χ3n) is 2.53. The molecule has 88 valence electrons. The molecule has 0 saturated carbocycles. The van der Waals surface area contributed by atoms with Crippen molar-refractivity contribution in [3.05, 3.63) is 34.4 Å². The van der Waals surface area contributed by atoms with Crippen LogP contribution in [-0.2, 0) is 16.0 Å². The van der Waals surface area contributed by atoms with Gasteiger partial charge in [-0.2, -0.15) is 0 Å². The lowest BCUT2D eigenvalue weighted by Gasteiger charge is -2.12. The first-order valence-electron chi connectivity index (χ1n) is 5.66. The van der Waals surface area contributed by atoms with Gasteiger partial charge in [0.05, 0.1) is 12.5 Å². The summed E-state index contributed by atoms with van der Waals surface area (Å²) in [6.45, 7) is 9.88. The van der Waals surface area contributed by atoms with E-state index in [-0.39, 0.29) is 12.1 Å². The van der Waals surface area contributed by atoms with Crippen molar-refractivity contribution in [2.24, 2.45) is 0 Å². The zero-order chi connectivity index (χ0) is 12.3. The van der Waals surface area contributed by atoms with E-state index in [1.54, 1.807) is 0 Å². The Morgan fingerprint density at radius 3 is 2.12 bits per heavy atom. The highest BCUT2D eigenvalue weighted by Gasteiger charge is 2.11. The van der Waals surface area contributed by atoms with E-state index in [4.69, 9.17) is 4.74 Å². The predicted octanol–water partition coefficient (Wildman–Crippen LogP) is 3.11. The molecule has 0 fully saturated rings. The van der Waals surface area contributed by atoms with Crippen LogP contribution in [0.4, 0.5) is 0 Å². The average molecular weight is 220 g/mol. The average Bonchev–Trinajstić information content (AvgIpc) is 2.09. The van der Waals surface area contributed by atoms with Gasteiger partial charge in [0.1, 0.15) is 0 Å². The summed E-state index contributed by atoms with van der Waals surface area (Å²) in [7, 11) is 0. The second-order valence-electron chi connectivity index (χ2n) is 4.59. The molecule has 0 aliphatic heterocycles. The summed E-state index contributed by atoms with van der Waals surface area (Å²) in [5.74, 6) is -0.148. The fourth-order valence-corrected chi connectivity index (χ4v) is 1.94. The van der Waals surface area contributed by atoms with E-state index < -0.39 is 0 Å². The van der Waals surface area contributed by atoms with Crippen LogP contribution in [0.5, 0.6) is 0 Å². The third kappa shape index (κ3) is 3.37. The minimum absolute atomic E-state index is 0.0430. The van der Waals surface area contributed by atoms with Crippen molar-refractivity contribution in [3.63, 3.8) is 0 Å². The van der Waals surface area contributed by atoms with Crippen molar-refractivity contribution < 1.29 is 9.53 Å². The predicted molar refractivity (Wildman–Crippen MR) is 65.6 cm³/mol. The summed E-state index contributed by atoms with van der Waals surface area (Å²) in [5, 5.41) is 0. The van der Waals surface area contributed by atoms with Gasteiger partial charge in [0.2, 0.25) is 0 Å². The molecule has 0 atom stereocenters. The van der Waals surface area contributed by atoms with Crippen molar-refractivity contribution in [1.29, 1.82) is 0 Å². The second-order valence-corrected chi connectivity index (χ2v) is 4.59. The Balaban J connectivity index is 2.85. The molecule has 1 aromatic carbocycles. The Kier molecular flexibility index (Phi) is 4.11. The van der Waals surface area contributed by atoms with Crippen LogP contribution in [-0.4, -0.2) is 12.1 Å². The van der Waals surface area contributed by atoms with Gasteiger partial charge in [-0.25, -0.2) is 0 Å². The van der Waals surface area contributed by atoms with E-state index >= 15 is 0 Å².